The molecule has 0 atom stereocenters. The number of aromatic nitrogens is 1. The second-order valence-corrected chi connectivity index (χ2v) is 5.72. The molecule has 0 unspecified atom stereocenters. The summed E-state index contributed by atoms with van der Waals surface area (Å²) in [5, 5.41) is -0.0793. The highest BCUT2D eigenvalue weighted by molar-refractivity contribution is 7.92. The maximum Gasteiger partial charge on any atom is 0.264 e. The molecule has 0 amide bonds. The van der Waals surface area contributed by atoms with E-state index in [0.29, 0.717) is 5.69 Å². The first-order chi connectivity index (χ1) is 8.88. The fourth-order valence-corrected chi connectivity index (χ4v) is 2.86. The monoisotopic (exact) mass is 301 g/mol. The maximum atomic E-state index is 13.1. The number of halogens is 2. The van der Waals surface area contributed by atoms with E-state index >= 15 is 0 Å². The number of hydrogen-bond donors (Lipinski definition) is 2. The largest absolute Gasteiger partial charge is 0.397 e. The van der Waals surface area contributed by atoms with E-state index in [-0.39, 0.29) is 15.7 Å². The van der Waals surface area contributed by atoms with Crippen molar-refractivity contribution < 1.29 is 12.8 Å². The topological polar surface area (TPSA) is 85.1 Å². The van der Waals surface area contributed by atoms with E-state index in [0.717, 1.165) is 12.1 Å². The van der Waals surface area contributed by atoms with E-state index in [2.05, 4.69) is 9.71 Å². The molecule has 3 N–H and O–H groups in total. The molecule has 0 bridgehead atoms. The van der Waals surface area contributed by atoms with Crippen LogP contribution in [0, 0.1) is 5.82 Å². The van der Waals surface area contributed by atoms with Crippen molar-refractivity contribution in [1.82, 2.24) is 4.98 Å². The molecule has 0 spiro atoms. The third kappa shape index (κ3) is 3.12. The third-order valence-electron chi connectivity index (χ3n) is 2.21. The van der Waals surface area contributed by atoms with Gasteiger partial charge in [-0.15, -0.1) is 0 Å². The summed E-state index contributed by atoms with van der Waals surface area (Å²) >= 11 is 5.75. The number of nitrogens with one attached hydrogen (secondary N) is 1. The van der Waals surface area contributed by atoms with Crippen molar-refractivity contribution in [3.05, 3.63) is 47.4 Å². The van der Waals surface area contributed by atoms with Gasteiger partial charge in [0.05, 0.1) is 16.9 Å². The Kier molecular flexibility index (Phi) is 3.59. The molecule has 0 fully saturated rings. The number of rotatable bonds is 3. The van der Waals surface area contributed by atoms with Crippen molar-refractivity contribution in [1.29, 1.82) is 0 Å². The minimum atomic E-state index is -4.00. The van der Waals surface area contributed by atoms with Gasteiger partial charge in [-0.1, -0.05) is 11.6 Å². The van der Waals surface area contributed by atoms with Crippen molar-refractivity contribution in [3.8, 4) is 0 Å². The van der Waals surface area contributed by atoms with Crippen molar-refractivity contribution in [3.63, 3.8) is 0 Å². The van der Waals surface area contributed by atoms with Crippen LogP contribution in [0.2, 0.25) is 5.02 Å². The van der Waals surface area contributed by atoms with Gasteiger partial charge < -0.3 is 5.73 Å². The van der Waals surface area contributed by atoms with Crippen LogP contribution in [0.3, 0.4) is 0 Å². The van der Waals surface area contributed by atoms with E-state index in [4.69, 9.17) is 17.3 Å². The number of pyridine rings is 1. The lowest BCUT2D eigenvalue weighted by Gasteiger charge is -2.08. The van der Waals surface area contributed by atoms with Crippen molar-refractivity contribution in [2.45, 2.75) is 4.90 Å². The summed E-state index contributed by atoms with van der Waals surface area (Å²) in [5.41, 5.74) is 5.83. The second kappa shape index (κ2) is 5.02. The number of sulfonamides is 1. The summed E-state index contributed by atoms with van der Waals surface area (Å²) in [5.74, 6) is -0.635. The average Bonchev–Trinajstić information content (AvgIpc) is 2.35. The van der Waals surface area contributed by atoms with Crippen LogP contribution in [0.15, 0.2) is 41.4 Å². The fourth-order valence-electron chi connectivity index (χ4n) is 1.34. The van der Waals surface area contributed by atoms with Crippen LogP contribution in [0.5, 0.6) is 0 Å². The molecule has 0 saturated heterocycles. The van der Waals surface area contributed by atoms with Crippen LogP contribution in [0.4, 0.5) is 15.9 Å². The van der Waals surface area contributed by atoms with Gasteiger partial charge in [-0.05, 0) is 30.3 Å². The molecule has 0 saturated carbocycles. The summed E-state index contributed by atoms with van der Waals surface area (Å²) in [6.45, 7) is 0. The average molecular weight is 302 g/mol. The fraction of sp³-hybridized carbons (Fsp3) is 0. The van der Waals surface area contributed by atoms with Gasteiger partial charge in [0.2, 0.25) is 0 Å². The number of anilines is 2. The predicted molar refractivity (Wildman–Crippen MR) is 70.9 cm³/mol. The van der Waals surface area contributed by atoms with Crippen molar-refractivity contribution >= 4 is 33.1 Å². The lowest BCUT2D eigenvalue weighted by molar-refractivity contribution is 0.595. The van der Waals surface area contributed by atoms with Crippen molar-refractivity contribution in [2.24, 2.45) is 0 Å². The molecule has 19 heavy (non-hydrogen) atoms. The zero-order valence-corrected chi connectivity index (χ0v) is 11.0. The molecule has 2 aromatic rings. The molecular weight excluding hydrogens is 293 g/mol. The number of benzene rings is 1. The summed E-state index contributed by atoms with van der Waals surface area (Å²) in [7, 11) is -4.00. The number of nitrogens with two attached hydrogens (primary N) is 1. The lowest BCUT2D eigenvalue weighted by Crippen LogP contribution is -2.14. The van der Waals surface area contributed by atoms with Crippen LogP contribution in [0.25, 0.3) is 0 Å². The number of hydrogen-bond acceptors (Lipinski definition) is 4. The highest BCUT2D eigenvalue weighted by Gasteiger charge is 2.19. The van der Waals surface area contributed by atoms with Gasteiger partial charge >= 0.3 is 0 Å². The van der Waals surface area contributed by atoms with Gasteiger partial charge in [0.15, 0.2) is 0 Å². The Hall–Kier alpha value is -1.86. The maximum absolute atomic E-state index is 13.1. The minimum absolute atomic E-state index is 0.0644. The molecule has 0 aliphatic heterocycles. The summed E-state index contributed by atoms with van der Waals surface area (Å²) in [4.78, 5) is 3.44. The van der Waals surface area contributed by atoms with E-state index in [1.807, 2.05) is 0 Å². The molecule has 0 aliphatic carbocycles. The van der Waals surface area contributed by atoms with E-state index in [1.165, 1.54) is 24.4 Å². The van der Waals surface area contributed by atoms with Gasteiger partial charge in [-0.25, -0.2) is 17.8 Å². The zero-order valence-electron chi connectivity index (χ0n) is 9.47. The highest BCUT2D eigenvalue weighted by Crippen LogP contribution is 2.24. The number of nitrogens with zero attached hydrogens (tertiary/aromatic N) is 1. The summed E-state index contributed by atoms with van der Waals surface area (Å²) in [6.07, 6.45) is 1.30. The van der Waals surface area contributed by atoms with E-state index in [9.17, 15) is 12.8 Å². The third-order valence-corrected chi connectivity index (χ3v) is 4.04. The minimum Gasteiger partial charge on any atom is -0.397 e. The SMILES string of the molecule is Nc1ccc(NS(=O)(=O)c2cc(F)ccc2Cl)nc1. The molecule has 1 aromatic heterocycles. The second-order valence-electron chi connectivity index (χ2n) is 3.66. The van der Waals surface area contributed by atoms with Crippen LogP contribution >= 0.6 is 11.6 Å². The molecule has 1 aromatic carbocycles. The van der Waals surface area contributed by atoms with Gasteiger partial charge in [-0.3, -0.25) is 4.72 Å². The van der Waals surface area contributed by atoms with Gasteiger partial charge in [-0.2, -0.15) is 0 Å². The molecule has 100 valence electrons. The Labute approximate surface area is 114 Å². The van der Waals surface area contributed by atoms with Crippen LogP contribution < -0.4 is 10.5 Å². The van der Waals surface area contributed by atoms with Crippen LogP contribution in [-0.2, 0) is 10.0 Å². The zero-order chi connectivity index (χ0) is 14.0. The first-order valence-electron chi connectivity index (χ1n) is 5.08. The Morgan fingerprint density at radius 2 is 2.00 bits per heavy atom. The van der Waals surface area contributed by atoms with E-state index in [1.54, 1.807) is 0 Å². The van der Waals surface area contributed by atoms with Gasteiger partial charge in [0.25, 0.3) is 10.0 Å². The normalized spacial score (nSPS) is 11.3. The number of nitrogen functional groups attached to an aromatic ring is 1. The Morgan fingerprint density at radius 3 is 2.63 bits per heavy atom. The molecule has 1 heterocycles. The van der Waals surface area contributed by atoms with Gasteiger partial charge in [0, 0.05) is 0 Å². The molecule has 0 radical (unpaired) electrons. The quantitative estimate of drug-likeness (QED) is 0.910. The Bertz CT molecular complexity index is 704. The molecule has 2 rings (SSSR count). The summed E-state index contributed by atoms with van der Waals surface area (Å²) < 4.78 is 39.3. The summed E-state index contributed by atoms with van der Waals surface area (Å²) in [6, 6.07) is 5.95. The first-order valence-corrected chi connectivity index (χ1v) is 6.94. The van der Waals surface area contributed by atoms with Crippen LogP contribution in [-0.4, -0.2) is 13.4 Å². The van der Waals surface area contributed by atoms with Crippen LogP contribution in [0.1, 0.15) is 0 Å². The molecule has 0 aliphatic rings. The highest BCUT2D eigenvalue weighted by atomic mass is 35.5. The Balaban J connectivity index is 2.37. The van der Waals surface area contributed by atoms with E-state index < -0.39 is 15.8 Å². The standard InChI is InChI=1S/C11H9ClFN3O2S/c12-9-3-1-7(13)5-10(9)19(17,18)16-11-4-2-8(14)6-15-11/h1-6H,14H2,(H,15,16). The lowest BCUT2D eigenvalue weighted by atomic mass is 10.3. The first kappa shape index (κ1) is 13.6. The van der Waals surface area contributed by atoms with Gasteiger partial charge in [0.1, 0.15) is 16.5 Å². The molecule has 8 heteroatoms. The van der Waals surface area contributed by atoms with Crippen molar-refractivity contribution in [2.75, 3.05) is 10.5 Å². The Morgan fingerprint density at radius 1 is 1.26 bits per heavy atom. The molecule has 5 nitrogen and oxygen atoms in total. The predicted octanol–water partition coefficient (Wildman–Crippen LogP) is 2.26. The molecular formula is C11H9ClFN3O2S. The smallest absolute Gasteiger partial charge is 0.264 e.